The molecule has 35 heavy (non-hydrogen) atoms. The van der Waals surface area contributed by atoms with Gasteiger partial charge in [-0.25, -0.2) is 13.4 Å². The highest BCUT2D eigenvalue weighted by Gasteiger charge is 2.28. The van der Waals surface area contributed by atoms with E-state index in [4.69, 9.17) is 14.5 Å². The maximum atomic E-state index is 13.6. The summed E-state index contributed by atoms with van der Waals surface area (Å²) in [5.74, 6) is 1.11. The van der Waals surface area contributed by atoms with E-state index >= 15 is 0 Å². The molecule has 2 aromatic carbocycles. The lowest BCUT2D eigenvalue weighted by Gasteiger charge is -2.21. The molecule has 2 aliphatic rings. The standard InChI is InChI=1S/C24H28N4O5S2/c1-26(2)10-5-13-28(24-25-19-14-20-21(33-16-32-20)15-22(19)34-24)23(29)17-6-8-18(9-7-17)35(30,31)27-11-3-4-12-27/h6-9,14-15H,3-5,10-13,16H2,1-2H3. The summed E-state index contributed by atoms with van der Waals surface area (Å²) in [6.07, 6.45) is 2.51. The van der Waals surface area contributed by atoms with Crippen molar-refractivity contribution in [3.05, 3.63) is 42.0 Å². The van der Waals surface area contributed by atoms with E-state index in [0.29, 0.717) is 41.8 Å². The van der Waals surface area contributed by atoms with Crippen LogP contribution in [0.3, 0.4) is 0 Å². The first-order valence-corrected chi connectivity index (χ1v) is 13.9. The van der Waals surface area contributed by atoms with Crippen LogP contribution >= 0.6 is 11.3 Å². The number of amides is 1. The number of nitrogens with zero attached hydrogens (tertiary/aromatic N) is 4. The number of ether oxygens (including phenoxy) is 2. The number of aromatic nitrogens is 1. The fourth-order valence-corrected chi connectivity index (χ4v) is 6.77. The summed E-state index contributed by atoms with van der Waals surface area (Å²) in [6, 6.07) is 9.95. The van der Waals surface area contributed by atoms with E-state index in [-0.39, 0.29) is 17.6 Å². The average Bonchev–Trinajstić information content (AvgIpc) is 3.60. The predicted molar refractivity (Wildman–Crippen MR) is 135 cm³/mol. The number of benzene rings is 2. The Morgan fingerprint density at radius 1 is 1.06 bits per heavy atom. The summed E-state index contributed by atoms with van der Waals surface area (Å²) in [7, 11) is 0.451. The molecular weight excluding hydrogens is 488 g/mol. The molecule has 0 aliphatic carbocycles. The van der Waals surface area contributed by atoms with Crippen LogP contribution in [0.15, 0.2) is 41.3 Å². The molecule has 0 saturated carbocycles. The van der Waals surface area contributed by atoms with E-state index < -0.39 is 10.0 Å². The van der Waals surface area contributed by atoms with Gasteiger partial charge in [-0.3, -0.25) is 9.69 Å². The van der Waals surface area contributed by atoms with E-state index in [1.165, 1.54) is 27.8 Å². The molecule has 1 fully saturated rings. The maximum Gasteiger partial charge on any atom is 0.260 e. The second-order valence-electron chi connectivity index (χ2n) is 8.92. The highest BCUT2D eigenvalue weighted by molar-refractivity contribution is 7.89. The van der Waals surface area contributed by atoms with Crippen molar-refractivity contribution in [2.24, 2.45) is 0 Å². The van der Waals surface area contributed by atoms with Crippen LogP contribution in [-0.4, -0.2) is 75.6 Å². The Balaban J connectivity index is 1.42. The van der Waals surface area contributed by atoms with Crippen LogP contribution in [0.5, 0.6) is 11.5 Å². The Morgan fingerprint density at radius 3 is 2.43 bits per heavy atom. The van der Waals surface area contributed by atoms with Gasteiger partial charge in [-0.15, -0.1) is 0 Å². The van der Waals surface area contributed by atoms with Crippen molar-refractivity contribution in [1.82, 2.24) is 14.2 Å². The molecule has 9 nitrogen and oxygen atoms in total. The summed E-state index contributed by atoms with van der Waals surface area (Å²) >= 11 is 1.42. The van der Waals surface area contributed by atoms with E-state index in [1.54, 1.807) is 17.0 Å². The van der Waals surface area contributed by atoms with Gasteiger partial charge in [0.15, 0.2) is 16.6 Å². The first kappa shape index (κ1) is 24.0. The first-order valence-electron chi connectivity index (χ1n) is 11.6. The van der Waals surface area contributed by atoms with Gasteiger partial charge in [-0.05, 0) is 64.2 Å². The highest BCUT2D eigenvalue weighted by Crippen LogP contribution is 2.40. The highest BCUT2D eigenvalue weighted by atomic mass is 32.2. The Bertz CT molecular complexity index is 1290. The van der Waals surface area contributed by atoms with Crippen molar-refractivity contribution >= 4 is 42.6 Å². The van der Waals surface area contributed by atoms with E-state index in [0.717, 1.165) is 36.0 Å². The van der Waals surface area contributed by atoms with Crippen molar-refractivity contribution < 1.29 is 22.7 Å². The number of anilines is 1. The quantitative estimate of drug-likeness (QED) is 0.453. The van der Waals surface area contributed by atoms with Gasteiger partial charge in [0, 0.05) is 37.3 Å². The zero-order valence-corrected chi connectivity index (χ0v) is 21.4. The van der Waals surface area contributed by atoms with Gasteiger partial charge in [-0.2, -0.15) is 4.31 Å². The maximum absolute atomic E-state index is 13.6. The molecule has 11 heteroatoms. The minimum Gasteiger partial charge on any atom is -0.454 e. The van der Waals surface area contributed by atoms with Gasteiger partial charge >= 0.3 is 0 Å². The molecule has 5 rings (SSSR count). The Kier molecular flexibility index (Phi) is 6.67. The zero-order chi connectivity index (χ0) is 24.6. The van der Waals surface area contributed by atoms with E-state index in [1.807, 2.05) is 26.2 Å². The Morgan fingerprint density at radius 2 is 1.74 bits per heavy atom. The monoisotopic (exact) mass is 516 g/mol. The van der Waals surface area contributed by atoms with Crippen LogP contribution in [0.25, 0.3) is 10.2 Å². The molecule has 0 unspecified atom stereocenters. The van der Waals surface area contributed by atoms with Crippen LogP contribution in [0.2, 0.25) is 0 Å². The van der Waals surface area contributed by atoms with Crippen molar-refractivity contribution in [3.63, 3.8) is 0 Å². The van der Waals surface area contributed by atoms with E-state index in [2.05, 4.69) is 4.90 Å². The fraction of sp³-hybridized carbons (Fsp3) is 0.417. The van der Waals surface area contributed by atoms with Crippen LogP contribution in [0, 0.1) is 0 Å². The molecule has 3 heterocycles. The van der Waals surface area contributed by atoms with Crippen molar-refractivity contribution in [1.29, 1.82) is 0 Å². The lowest BCUT2D eigenvalue weighted by Crippen LogP contribution is -2.33. The minimum absolute atomic E-state index is 0.193. The number of sulfonamides is 1. The molecule has 0 atom stereocenters. The normalized spacial score (nSPS) is 15.9. The SMILES string of the molecule is CN(C)CCCN(C(=O)c1ccc(S(=O)(=O)N2CCCC2)cc1)c1nc2cc3c(cc2s1)OCO3. The summed E-state index contributed by atoms with van der Waals surface area (Å²) in [5.41, 5.74) is 1.16. The molecule has 1 aromatic heterocycles. The van der Waals surface area contributed by atoms with Crippen LogP contribution < -0.4 is 14.4 Å². The number of hydrogen-bond donors (Lipinski definition) is 0. The average molecular weight is 517 g/mol. The third kappa shape index (κ3) is 4.86. The zero-order valence-electron chi connectivity index (χ0n) is 19.8. The Hall–Kier alpha value is -2.73. The van der Waals surface area contributed by atoms with Gasteiger partial charge in [0.25, 0.3) is 5.91 Å². The van der Waals surface area contributed by atoms with Gasteiger partial charge in [0.05, 0.1) is 15.1 Å². The predicted octanol–water partition coefficient (Wildman–Crippen LogP) is 3.41. The van der Waals surface area contributed by atoms with Crippen molar-refractivity contribution in [2.45, 2.75) is 24.2 Å². The van der Waals surface area contributed by atoms with Crippen molar-refractivity contribution in [3.8, 4) is 11.5 Å². The third-order valence-corrected chi connectivity index (χ3v) is 9.09. The fourth-order valence-electron chi connectivity index (χ4n) is 4.25. The van der Waals surface area contributed by atoms with E-state index in [9.17, 15) is 13.2 Å². The summed E-state index contributed by atoms with van der Waals surface area (Å²) in [6.45, 7) is 2.58. The molecule has 0 bridgehead atoms. The lowest BCUT2D eigenvalue weighted by atomic mass is 10.2. The van der Waals surface area contributed by atoms with Gasteiger partial charge < -0.3 is 14.4 Å². The molecule has 3 aromatic rings. The number of thiazole rings is 1. The lowest BCUT2D eigenvalue weighted by molar-refractivity contribution is 0.0986. The number of hydrogen-bond acceptors (Lipinski definition) is 8. The second-order valence-corrected chi connectivity index (χ2v) is 11.9. The molecule has 1 saturated heterocycles. The Labute approximate surface area is 208 Å². The smallest absolute Gasteiger partial charge is 0.260 e. The summed E-state index contributed by atoms with van der Waals surface area (Å²) < 4.78 is 39.1. The molecule has 1 amide bonds. The first-order chi connectivity index (χ1) is 16.8. The van der Waals surface area contributed by atoms with Crippen molar-refractivity contribution in [2.75, 3.05) is 52.0 Å². The number of carbonyl (C=O) groups is 1. The van der Waals surface area contributed by atoms with Crippen LogP contribution in [0.1, 0.15) is 29.6 Å². The molecule has 2 aliphatic heterocycles. The van der Waals surface area contributed by atoms with Gasteiger partial charge in [0.2, 0.25) is 16.8 Å². The largest absolute Gasteiger partial charge is 0.454 e. The van der Waals surface area contributed by atoms with Gasteiger partial charge in [-0.1, -0.05) is 11.3 Å². The minimum atomic E-state index is -3.53. The number of fused-ring (bicyclic) bond motifs is 2. The third-order valence-electron chi connectivity index (χ3n) is 6.14. The van der Waals surface area contributed by atoms with Crippen LogP contribution in [-0.2, 0) is 10.0 Å². The molecule has 0 N–H and O–H groups in total. The number of carbonyl (C=O) groups excluding carboxylic acids is 1. The topological polar surface area (TPSA) is 92.3 Å². The second kappa shape index (κ2) is 9.73. The molecular formula is C24H28N4O5S2. The van der Waals surface area contributed by atoms with Crippen LogP contribution in [0.4, 0.5) is 5.13 Å². The molecule has 186 valence electrons. The molecule has 0 radical (unpaired) electrons. The summed E-state index contributed by atoms with van der Waals surface area (Å²) in [4.78, 5) is 22.3. The molecule has 0 spiro atoms. The summed E-state index contributed by atoms with van der Waals surface area (Å²) in [5, 5.41) is 0.584. The number of rotatable bonds is 8. The van der Waals surface area contributed by atoms with Gasteiger partial charge in [0.1, 0.15) is 0 Å².